The lowest BCUT2D eigenvalue weighted by Crippen LogP contribution is -2.34. The Hall–Kier alpha value is -2.42. The highest BCUT2D eigenvalue weighted by molar-refractivity contribution is 6.26. The summed E-state index contributed by atoms with van der Waals surface area (Å²) >= 11 is 0. The number of hydrogen-bond acceptors (Lipinski definition) is 3. The van der Waals surface area contributed by atoms with E-state index in [1.807, 2.05) is 24.3 Å². The molecule has 0 fully saturated rings. The minimum Gasteiger partial charge on any atom is -0.482 e. The van der Waals surface area contributed by atoms with Gasteiger partial charge in [-0.25, -0.2) is 0 Å². The maximum absolute atomic E-state index is 12.7. The number of carbonyl (C=O) groups is 2. The van der Waals surface area contributed by atoms with Crippen molar-refractivity contribution in [1.82, 2.24) is 0 Å². The first-order valence-electron chi connectivity index (χ1n) is 6.70. The van der Waals surface area contributed by atoms with Crippen molar-refractivity contribution in [3.8, 4) is 0 Å². The van der Waals surface area contributed by atoms with Gasteiger partial charge in [0, 0.05) is 17.0 Å². The van der Waals surface area contributed by atoms with Crippen LogP contribution in [0, 0.1) is 5.92 Å². The van der Waals surface area contributed by atoms with Gasteiger partial charge in [0.25, 0.3) is 0 Å². The standard InChI is InChI=1S/C17H12O3/c18-15-12-7-3-4-8-13(12)16(19)17-14(15)10-5-1-2-6-11(9-10)20-17/h1-8,10-11H,9H2. The number of carbonyl (C=O) groups excluding carboxylic acids is 2. The summed E-state index contributed by atoms with van der Waals surface area (Å²) in [5.74, 6) is -0.0477. The number of ketones is 2. The summed E-state index contributed by atoms with van der Waals surface area (Å²) in [6, 6.07) is 6.95. The smallest absolute Gasteiger partial charge is 0.228 e. The Labute approximate surface area is 116 Å². The van der Waals surface area contributed by atoms with E-state index in [-0.39, 0.29) is 29.3 Å². The van der Waals surface area contributed by atoms with Crippen molar-refractivity contribution in [2.45, 2.75) is 12.5 Å². The molecule has 2 bridgehead atoms. The van der Waals surface area contributed by atoms with Crippen LogP contribution in [0.2, 0.25) is 0 Å². The van der Waals surface area contributed by atoms with E-state index < -0.39 is 0 Å². The summed E-state index contributed by atoms with van der Waals surface area (Å²) in [5, 5.41) is 0. The lowest BCUT2D eigenvalue weighted by molar-refractivity contribution is 0.0705. The first kappa shape index (κ1) is 11.4. The van der Waals surface area contributed by atoms with Gasteiger partial charge in [0.2, 0.25) is 5.78 Å². The van der Waals surface area contributed by atoms with E-state index in [1.165, 1.54) is 0 Å². The minimum absolute atomic E-state index is 0.0384. The molecule has 4 rings (SSSR count). The van der Waals surface area contributed by atoms with Gasteiger partial charge in [-0.3, -0.25) is 9.59 Å². The number of rotatable bonds is 0. The zero-order valence-electron chi connectivity index (χ0n) is 10.7. The molecule has 1 aromatic carbocycles. The molecule has 0 N–H and O–H groups in total. The molecule has 0 spiro atoms. The summed E-state index contributed by atoms with van der Waals surface area (Å²) in [7, 11) is 0. The molecule has 0 radical (unpaired) electrons. The summed E-state index contributed by atoms with van der Waals surface area (Å²) in [4.78, 5) is 25.2. The minimum atomic E-state index is -0.173. The van der Waals surface area contributed by atoms with Crippen LogP contribution in [0.5, 0.6) is 0 Å². The third-order valence-corrected chi connectivity index (χ3v) is 4.02. The predicted molar refractivity (Wildman–Crippen MR) is 73.4 cm³/mol. The van der Waals surface area contributed by atoms with Crippen LogP contribution in [-0.4, -0.2) is 17.7 Å². The van der Waals surface area contributed by atoms with Crippen molar-refractivity contribution >= 4 is 11.6 Å². The maximum atomic E-state index is 12.7. The van der Waals surface area contributed by atoms with E-state index in [2.05, 4.69) is 0 Å². The van der Waals surface area contributed by atoms with Gasteiger partial charge in [-0.2, -0.15) is 0 Å². The Balaban J connectivity index is 1.93. The Morgan fingerprint density at radius 1 is 0.950 bits per heavy atom. The lowest BCUT2D eigenvalue weighted by Gasteiger charge is -2.32. The van der Waals surface area contributed by atoms with Crippen LogP contribution in [0.1, 0.15) is 27.1 Å². The third-order valence-electron chi connectivity index (χ3n) is 4.02. The largest absolute Gasteiger partial charge is 0.482 e. The van der Waals surface area contributed by atoms with Gasteiger partial charge < -0.3 is 4.74 Å². The van der Waals surface area contributed by atoms with Crippen LogP contribution in [0.3, 0.4) is 0 Å². The molecular formula is C17H12O3. The SMILES string of the molecule is O=C1C2=C(C(=O)c3ccccc31)C1C=CC=CC(C1)O2. The lowest BCUT2D eigenvalue weighted by atomic mass is 9.79. The van der Waals surface area contributed by atoms with Crippen molar-refractivity contribution in [1.29, 1.82) is 0 Å². The number of fused-ring (bicyclic) bond motifs is 4. The van der Waals surface area contributed by atoms with Crippen molar-refractivity contribution in [2.24, 2.45) is 5.92 Å². The Kier molecular flexibility index (Phi) is 2.30. The van der Waals surface area contributed by atoms with Crippen LogP contribution >= 0.6 is 0 Å². The van der Waals surface area contributed by atoms with Gasteiger partial charge in [0.15, 0.2) is 11.5 Å². The number of ether oxygens (including phenoxy) is 1. The highest BCUT2D eigenvalue weighted by Gasteiger charge is 2.41. The molecule has 0 saturated heterocycles. The van der Waals surface area contributed by atoms with Gasteiger partial charge in [0.1, 0.15) is 6.10 Å². The molecule has 0 aromatic heterocycles. The molecule has 20 heavy (non-hydrogen) atoms. The quantitative estimate of drug-likeness (QED) is 0.723. The molecule has 2 unspecified atom stereocenters. The number of benzene rings is 1. The second-order valence-electron chi connectivity index (χ2n) is 5.21. The number of hydrogen-bond donors (Lipinski definition) is 0. The Bertz CT molecular complexity index is 722. The van der Waals surface area contributed by atoms with Crippen molar-refractivity contribution < 1.29 is 14.3 Å². The van der Waals surface area contributed by atoms with Gasteiger partial charge in [0.05, 0.1) is 5.57 Å². The molecule has 0 saturated carbocycles. The molecule has 3 aliphatic rings. The van der Waals surface area contributed by atoms with Gasteiger partial charge in [-0.15, -0.1) is 0 Å². The molecule has 1 aromatic rings. The fraction of sp³-hybridized carbons (Fsp3) is 0.176. The monoisotopic (exact) mass is 264 g/mol. The average molecular weight is 264 g/mol. The first-order chi connectivity index (χ1) is 9.75. The molecule has 3 nitrogen and oxygen atoms in total. The fourth-order valence-electron chi connectivity index (χ4n) is 3.07. The zero-order chi connectivity index (χ0) is 13.7. The summed E-state index contributed by atoms with van der Waals surface area (Å²) in [6.07, 6.45) is 8.32. The molecule has 1 aliphatic heterocycles. The molecule has 2 atom stereocenters. The van der Waals surface area contributed by atoms with Crippen molar-refractivity contribution in [3.05, 3.63) is 71.0 Å². The van der Waals surface area contributed by atoms with E-state index >= 15 is 0 Å². The van der Waals surface area contributed by atoms with E-state index in [9.17, 15) is 9.59 Å². The Morgan fingerprint density at radius 3 is 2.45 bits per heavy atom. The number of Topliss-reactive ketones (excluding diaryl/α,β-unsaturated/α-hetero) is 2. The average Bonchev–Trinajstić information content (AvgIpc) is 2.66. The van der Waals surface area contributed by atoms with Crippen LogP contribution in [0.25, 0.3) is 0 Å². The molecule has 1 heterocycles. The molecule has 0 amide bonds. The molecule has 2 aliphatic carbocycles. The zero-order valence-corrected chi connectivity index (χ0v) is 10.7. The normalized spacial score (nSPS) is 26.8. The van der Waals surface area contributed by atoms with Crippen LogP contribution in [0.4, 0.5) is 0 Å². The topological polar surface area (TPSA) is 43.4 Å². The fourth-order valence-corrected chi connectivity index (χ4v) is 3.07. The second-order valence-corrected chi connectivity index (χ2v) is 5.21. The second kappa shape index (κ2) is 4.04. The summed E-state index contributed by atoms with van der Waals surface area (Å²) in [5.41, 5.74) is 1.46. The molecule has 3 heteroatoms. The van der Waals surface area contributed by atoms with E-state index in [0.717, 1.165) is 0 Å². The molecular weight excluding hydrogens is 252 g/mol. The highest BCUT2D eigenvalue weighted by atomic mass is 16.5. The summed E-state index contributed by atoms with van der Waals surface area (Å²) < 4.78 is 5.76. The van der Waals surface area contributed by atoms with Crippen molar-refractivity contribution in [3.63, 3.8) is 0 Å². The van der Waals surface area contributed by atoms with Gasteiger partial charge in [-0.1, -0.05) is 42.5 Å². The van der Waals surface area contributed by atoms with Crippen LogP contribution in [0.15, 0.2) is 59.9 Å². The summed E-state index contributed by atoms with van der Waals surface area (Å²) in [6.45, 7) is 0. The van der Waals surface area contributed by atoms with E-state index in [4.69, 9.17) is 4.74 Å². The third kappa shape index (κ3) is 1.46. The Morgan fingerprint density at radius 2 is 1.65 bits per heavy atom. The maximum Gasteiger partial charge on any atom is 0.228 e. The first-order valence-corrected chi connectivity index (χ1v) is 6.70. The molecule has 98 valence electrons. The highest BCUT2D eigenvalue weighted by Crippen LogP contribution is 2.39. The van der Waals surface area contributed by atoms with Crippen LogP contribution in [-0.2, 0) is 4.74 Å². The van der Waals surface area contributed by atoms with Gasteiger partial charge in [-0.05, 0) is 12.5 Å². The van der Waals surface area contributed by atoms with E-state index in [0.29, 0.717) is 23.1 Å². The number of allylic oxidation sites excluding steroid dienone is 5. The van der Waals surface area contributed by atoms with Crippen LogP contribution < -0.4 is 0 Å². The van der Waals surface area contributed by atoms with Crippen molar-refractivity contribution in [2.75, 3.05) is 0 Å². The van der Waals surface area contributed by atoms with E-state index in [1.54, 1.807) is 24.3 Å². The predicted octanol–water partition coefficient (Wildman–Crippen LogP) is 2.85. The van der Waals surface area contributed by atoms with Gasteiger partial charge >= 0.3 is 0 Å².